The highest BCUT2D eigenvalue weighted by Gasteiger charge is 2.45. The minimum atomic E-state index is -4.13. The van der Waals surface area contributed by atoms with Crippen LogP contribution < -0.4 is 15.5 Å². The van der Waals surface area contributed by atoms with Gasteiger partial charge in [-0.3, -0.25) is 4.79 Å². The van der Waals surface area contributed by atoms with Gasteiger partial charge in [-0.05, 0) is 70.4 Å². The number of nitrogens with one attached hydrogen (secondary N) is 1. The lowest BCUT2D eigenvalue weighted by Gasteiger charge is -2.38. The molecule has 2 saturated heterocycles. The third-order valence-corrected chi connectivity index (χ3v) is 12.7. The van der Waals surface area contributed by atoms with Crippen molar-refractivity contribution in [1.29, 1.82) is 0 Å². The van der Waals surface area contributed by atoms with E-state index in [4.69, 9.17) is 9.47 Å². The number of hydrogen-bond donors (Lipinski definition) is 2. The van der Waals surface area contributed by atoms with Crippen molar-refractivity contribution >= 4 is 30.8 Å². The van der Waals surface area contributed by atoms with Gasteiger partial charge in [-0.2, -0.15) is 4.31 Å². The summed E-state index contributed by atoms with van der Waals surface area (Å²) in [7, 11) is -7.58. The molecule has 14 heteroatoms. The molecule has 0 amide bonds. The molecule has 0 aliphatic carbocycles. The van der Waals surface area contributed by atoms with Crippen LogP contribution >= 0.6 is 0 Å². The lowest BCUT2D eigenvalue weighted by molar-refractivity contribution is -0.0312. The molecule has 3 aromatic rings. The first-order valence-electron chi connectivity index (χ1n) is 15.1. The number of aromatic nitrogens is 1. The molecular weight excluding hydrogens is 625 g/mol. The number of fused-ring (bicyclic) bond motifs is 1. The van der Waals surface area contributed by atoms with Gasteiger partial charge in [-0.1, -0.05) is 12.1 Å². The van der Waals surface area contributed by atoms with Crippen LogP contribution in [0.15, 0.2) is 63.2 Å². The van der Waals surface area contributed by atoms with Gasteiger partial charge in [-0.15, -0.1) is 0 Å². The molecule has 3 heterocycles. The smallest absolute Gasteiger partial charge is 0.248 e. The Morgan fingerprint density at radius 2 is 1.84 bits per heavy atom. The summed E-state index contributed by atoms with van der Waals surface area (Å²) in [6.45, 7) is 6.20. The van der Waals surface area contributed by atoms with Gasteiger partial charge in [0.15, 0.2) is 9.84 Å². The van der Waals surface area contributed by atoms with Crippen LogP contribution in [0.3, 0.4) is 0 Å². The highest BCUT2D eigenvalue weighted by molar-refractivity contribution is 7.92. The zero-order valence-corrected chi connectivity index (χ0v) is 27.2. The van der Waals surface area contributed by atoms with Gasteiger partial charge in [0.25, 0.3) is 0 Å². The number of rotatable bonds is 11. The van der Waals surface area contributed by atoms with E-state index in [1.807, 2.05) is 0 Å². The number of sulfone groups is 1. The summed E-state index contributed by atoms with van der Waals surface area (Å²) in [6, 6.07) is 10.2. The van der Waals surface area contributed by atoms with Gasteiger partial charge in [0.2, 0.25) is 15.5 Å². The van der Waals surface area contributed by atoms with E-state index >= 15 is 0 Å². The van der Waals surface area contributed by atoms with Crippen LogP contribution in [0.1, 0.15) is 40.0 Å². The van der Waals surface area contributed by atoms with E-state index in [1.165, 1.54) is 45.4 Å². The third kappa shape index (κ3) is 6.81. The molecule has 2 N–H and O–H groups in total. The average molecular weight is 666 g/mol. The second-order valence-corrected chi connectivity index (χ2v) is 16.4. The Morgan fingerprint density at radius 1 is 1.13 bits per heavy atom. The standard InChI is InChI=1S/C31H40FN3O8S2/c1-4-34-18-28(30(37)26-9-6-10-27(32)29(26)34)45(40,41)35-13-11-31(12-14-35)16-22(19-43-31)33-17-23(36)20-42-24-7-5-8-25(15-24)44(38,39)21(2)3/h5-10,15,18,21-23,33,36H,4,11-14,16-17,19-20H2,1-3H3/t22-,23+/m1/s1. The fourth-order valence-corrected chi connectivity index (χ4v) is 8.62. The van der Waals surface area contributed by atoms with E-state index in [0.29, 0.717) is 38.2 Å². The number of para-hydroxylation sites is 1. The van der Waals surface area contributed by atoms with Gasteiger partial charge in [0.05, 0.1) is 33.3 Å². The van der Waals surface area contributed by atoms with Crippen LogP contribution in [0.4, 0.5) is 4.39 Å². The molecule has 0 saturated carbocycles. The number of pyridine rings is 1. The maximum Gasteiger partial charge on any atom is 0.248 e. The normalized spacial score (nSPS) is 19.8. The summed E-state index contributed by atoms with van der Waals surface area (Å²) in [5, 5.41) is 13.3. The van der Waals surface area contributed by atoms with Gasteiger partial charge in [0.1, 0.15) is 29.2 Å². The van der Waals surface area contributed by atoms with Crippen molar-refractivity contribution in [2.75, 3.05) is 32.8 Å². The number of aliphatic hydroxyl groups excluding tert-OH is 1. The molecule has 45 heavy (non-hydrogen) atoms. The largest absolute Gasteiger partial charge is 0.491 e. The van der Waals surface area contributed by atoms with Gasteiger partial charge in [0, 0.05) is 38.4 Å². The molecule has 2 aliphatic heterocycles. The zero-order valence-electron chi connectivity index (χ0n) is 25.6. The number of sulfonamides is 1. The third-order valence-electron chi connectivity index (χ3n) is 8.66. The van der Waals surface area contributed by atoms with Crippen LogP contribution in [-0.2, 0) is 31.1 Å². The average Bonchev–Trinajstić information content (AvgIpc) is 3.41. The van der Waals surface area contributed by atoms with Gasteiger partial charge >= 0.3 is 0 Å². The number of halogens is 1. The SMILES string of the molecule is CCn1cc(S(=O)(=O)N2CCC3(CC2)C[C@@H](NC[C@H](O)COc2cccc(S(=O)(=O)C(C)C)c2)CO3)c(=O)c2cccc(F)c21. The molecule has 2 aliphatic rings. The summed E-state index contributed by atoms with van der Waals surface area (Å²) in [6.07, 6.45) is 1.88. The number of piperidine rings is 1. The first kappa shape index (κ1) is 33.5. The van der Waals surface area contributed by atoms with Gasteiger partial charge < -0.3 is 24.5 Å². The second-order valence-electron chi connectivity index (χ2n) is 12.0. The lowest BCUT2D eigenvalue weighted by Crippen LogP contribution is -2.47. The number of hydrogen-bond acceptors (Lipinski definition) is 9. The quantitative estimate of drug-likeness (QED) is 0.316. The van der Waals surface area contributed by atoms with E-state index in [0.717, 1.165) is 0 Å². The van der Waals surface area contributed by atoms with Crippen LogP contribution in [0.25, 0.3) is 10.9 Å². The highest BCUT2D eigenvalue weighted by atomic mass is 32.2. The Morgan fingerprint density at radius 3 is 2.53 bits per heavy atom. The molecule has 0 unspecified atom stereocenters. The fourth-order valence-electron chi connectivity index (χ4n) is 5.99. The predicted molar refractivity (Wildman–Crippen MR) is 167 cm³/mol. The van der Waals surface area contributed by atoms with Crippen molar-refractivity contribution in [2.45, 2.75) is 79.4 Å². The number of benzene rings is 2. The number of nitrogens with zero attached hydrogens (tertiary/aromatic N) is 2. The van der Waals surface area contributed by atoms with Crippen molar-refractivity contribution in [2.24, 2.45) is 0 Å². The van der Waals surface area contributed by atoms with Crippen LogP contribution in [0.2, 0.25) is 0 Å². The molecular formula is C31H40FN3O8S2. The predicted octanol–water partition coefficient (Wildman–Crippen LogP) is 2.68. The zero-order chi connectivity index (χ0) is 32.6. The fraction of sp³-hybridized carbons (Fsp3) is 0.516. The Bertz CT molecular complexity index is 1820. The van der Waals surface area contributed by atoms with E-state index in [-0.39, 0.29) is 53.0 Å². The summed E-state index contributed by atoms with van der Waals surface area (Å²) >= 11 is 0. The second kappa shape index (κ2) is 13.1. The van der Waals surface area contributed by atoms with Crippen molar-refractivity contribution < 1.29 is 35.8 Å². The Kier molecular flexibility index (Phi) is 9.74. The number of aryl methyl sites for hydroxylation is 1. The molecule has 246 valence electrons. The topological polar surface area (TPSA) is 144 Å². The highest BCUT2D eigenvalue weighted by Crippen LogP contribution is 2.37. The molecule has 0 radical (unpaired) electrons. The summed E-state index contributed by atoms with van der Waals surface area (Å²) < 4.78 is 81.1. The Labute approximate surface area is 262 Å². The maximum absolute atomic E-state index is 14.5. The van der Waals surface area contributed by atoms with Crippen molar-refractivity contribution in [3.8, 4) is 5.75 Å². The Balaban J connectivity index is 1.15. The maximum atomic E-state index is 14.5. The summed E-state index contributed by atoms with van der Waals surface area (Å²) in [4.78, 5) is 13.0. The molecule has 1 spiro atoms. The molecule has 2 fully saturated rings. The summed E-state index contributed by atoms with van der Waals surface area (Å²) in [5.41, 5.74) is -1.15. The Hall–Kier alpha value is -2.88. The molecule has 2 atom stereocenters. The van der Waals surface area contributed by atoms with Crippen molar-refractivity contribution in [1.82, 2.24) is 14.2 Å². The molecule has 0 bridgehead atoms. The minimum Gasteiger partial charge on any atom is -0.491 e. The van der Waals surface area contributed by atoms with E-state index in [9.17, 15) is 31.1 Å². The van der Waals surface area contributed by atoms with Crippen LogP contribution in [0.5, 0.6) is 5.75 Å². The monoisotopic (exact) mass is 665 g/mol. The minimum absolute atomic E-state index is 0.0274. The number of aliphatic hydroxyl groups is 1. The van der Waals surface area contributed by atoms with E-state index in [1.54, 1.807) is 32.9 Å². The molecule has 5 rings (SSSR count). The van der Waals surface area contributed by atoms with Crippen molar-refractivity contribution in [3.63, 3.8) is 0 Å². The van der Waals surface area contributed by atoms with Gasteiger partial charge in [-0.25, -0.2) is 21.2 Å². The first-order chi connectivity index (χ1) is 21.3. The van der Waals surface area contributed by atoms with E-state index in [2.05, 4.69) is 5.32 Å². The number of ether oxygens (including phenoxy) is 2. The first-order valence-corrected chi connectivity index (χ1v) is 18.1. The summed E-state index contributed by atoms with van der Waals surface area (Å²) in [5.74, 6) is -0.230. The lowest BCUT2D eigenvalue weighted by atomic mass is 9.88. The van der Waals surface area contributed by atoms with Crippen molar-refractivity contribution in [3.05, 3.63) is 64.7 Å². The molecule has 2 aromatic carbocycles. The molecule has 11 nitrogen and oxygen atoms in total. The van der Waals surface area contributed by atoms with E-state index < -0.39 is 48.1 Å². The van der Waals surface area contributed by atoms with Crippen LogP contribution in [0, 0.1) is 5.82 Å². The molecule has 1 aromatic heterocycles. The van der Waals surface area contributed by atoms with Crippen LogP contribution in [-0.4, -0.2) is 86.7 Å².